The van der Waals surface area contributed by atoms with Gasteiger partial charge in [-0.3, -0.25) is 4.79 Å². The third-order valence-electron chi connectivity index (χ3n) is 3.89. The molecule has 1 amide bonds. The summed E-state index contributed by atoms with van der Waals surface area (Å²) in [5.74, 6) is 0.441. The van der Waals surface area contributed by atoms with Gasteiger partial charge < -0.3 is 4.74 Å². The molecular formula is C21H13Cl3I2N2O2. The van der Waals surface area contributed by atoms with Gasteiger partial charge in [0.1, 0.15) is 12.4 Å². The topological polar surface area (TPSA) is 50.7 Å². The largest absolute Gasteiger partial charge is 0.487 e. The van der Waals surface area contributed by atoms with Gasteiger partial charge in [0, 0.05) is 26.2 Å². The second-order valence-electron chi connectivity index (χ2n) is 6.04. The van der Waals surface area contributed by atoms with Crippen LogP contribution in [0, 0.1) is 7.14 Å². The summed E-state index contributed by atoms with van der Waals surface area (Å²) in [5, 5.41) is 5.75. The molecule has 3 aromatic rings. The van der Waals surface area contributed by atoms with Gasteiger partial charge in [-0.05, 0) is 99.3 Å². The van der Waals surface area contributed by atoms with E-state index in [1.54, 1.807) is 42.6 Å². The molecule has 0 bridgehead atoms. The fraction of sp³-hybridized carbons (Fsp3) is 0.0476. The molecule has 0 saturated heterocycles. The van der Waals surface area contributed by atoms with E-state index in [1.807, 2.05) is 18.2 Å². The summed E-state index contributed by atoms with van der Waals surface area (Å²) in [6.07, 6.45) is 1.58. The quantitative estimate of drug-likeness (QED) is 0.170. The van der Waals surface area contributed by atoms with Crippen LogP contribution in [0.25, 0.3) is 0 Å². The Balaban J connectivity index is 1.65. The van der Waals surface area contributed by atoms with Gasteiger partial charge in [0.2, 0.25) is 0 Å². The van der Waals surface area contributed by atoms with E-state index in [-0.39, 0.29) is 5.91 Å². The second kappa shape index (κ2) is 11.0. The van der Waals surface area contributed by atoms with E-state index < -0.39 is 0 Å². The van der Waals surface area contributed by atoms with E-state index in [4.69, 9.17) is 39.5 Å². The van der Waals surface area contributed by atoms with Crippen LogP contribution in [-0.2, 0) is 6.61 Å². The molecule has 0 aromatic heterocycles. The molecule has 3 aromatic carbocycles. The molecule has 4 nitrogen and oxygen atoms in total. The Morgan fingerprint density at radius 2 is 1.60 bits per heavy atom. The van der Waals surface area contributed by atoms with Gasteiger partial charge in [-0.2, -0.15) is 5.10 Å². The Bertz CT molecular complexity index is 1080. The van der Waals surface area contributed by atoms with Gasteiger partial charge in [0.25, 0.3) is 5.91 Å². The van der Waals surface area contributed by atoms with Crippen molar-refractivity contribution in [1.29, 1.82) is 0 Å². The molecule has 1 N–H and O–H groups in total. The van der Waals surface area contributed by atoms with Crippen LogP contribution >= 0.6 is 80.0 Å². The Kier molecular flexibility index (Phi) is 8.64. The number of nitrogens with zero attached hydrogens (tertiary/aromatic N) is 1. The number of amides is 1. The molecule has 0 spiro atoms. The van der Waals surface area contributed by atoms with Crippen LogP contribution in [0.5, 0.6) is 5.75 Å². The molecule has 0 unspecified atom stereocenters. The number of nitrogens with one attached hydrogen (secondary N) is 1. The summed E-state index contributed by atoms with van der Waals surface area (Å²) in [6, 6.07) is 15.7. The first kappa shape index (κ1) is 23.6. The number of hydrazone groups is 1. The lowest BCUT2D eigenvalue weighted by Crippen LogP contribution is -2.17. The number of hydrogen-bond donors (Lipinski definition) is 1. The highest BCUT2D eigenvalue weighted by molar-refractivity contribution is 14.1. The summed E-state index contributed by atoms with van der Waals surface area (Å²) >= 11 is 22.4. The number of ether oxygens (including phenoxy) is 1. The highest BCUT2D eigenvalue weighted by atomic mass is 127. The second-order valence-corrected chi connectivity index (χ2v) is 9.65. The minimum absolute atomic E-state index is 0.313. The molecule has 9 heteroatoms. The molecule has 0 fully saturated rings. The molecule has 0 atom stereocenters. The minimum atomic E-state index is -0.313. The first-order valence-electron chi connectivity index (χ1n) is 8.48. The van der Waals surface area contributed by atoms with Crippen LogP contribution < -0.4 is 10.2 Å². The van der Waals surface area contributed by atoms with E-state index >= 15 is 0 Å². The smallest absolute Gasteiger partial charge is 0.271 e. The fourth-order valence-corrected chi connectivity index (χ4v) is 5.13. The standard InChI is InChI=1S/C21H13Cl3I2N2O2/c22-15-4-1-13(2-5-15)21(29)28-27-10-12-7-18(25)20(19(26)8-12)30-11-14-3-6-16(23)9-17(14)24/h1-10H,11H2,(H,28,29)/b27-10+. The van der Waals surface area contributed by atoms with Crippen LogP contribution in [0.3, 0.4) is 0 Å². The number of halogens is 5. The van der Waals surface area contributed by atoms with E-state index in [2.05, 4.69) is 55.7 Å². The lowest BCUT2D eigenvalue weighted by atomic mass is 10.2. The van der Waals surface area contributed by atoms with Crippen molar-refractivity contribution in [2.24, 2.45) is 5.10 Å². The number of carbonyl (C=O) groups is 1. The molecule has 30 heavy (non-hydrogen) atoms. The molecule has 0 radical (unpaired) electrons. The molecule has 154 valence electrons. The highest BCUT2D eigenvalue weighted by Gasteiger charge is 2.10. The van der Waals surface area contributed by atoms with Crippen molar-refractivity contribution in [3.8, 4) is 5.75 Å². The Morgan fingerprint density at radius 3 is 2.23 bits per heavy atom. The first-order valence-corrected chi connectivity index (χ1v) is 11.8. The molecule has 0 saturated carbocycles. The average Bonchev–Trinajstić information content (AvgIpc) is 2.69. The molecule has 0 aliphatic rings. The van der Waals surface area contributed by atoms with Gasteiger partial charge in [0.15, 0.2) is 0 Å². The molecule has 3 rings (SSSR count). The van der Waals surface area contributed by atoms with Crippen LogP contribution in [0.2, 0.25) is 15.1 Å². The maximum atomic E-state index is 12.1. The lowest BCUT2D eigenvalue weighted by molar-refractivity contribution is 0.0955. The Labute approximate surface area is 216 Å². The minimum Gasteiger partial charge on any atom is -0.487 e. The average molecular weight is 686 g/mol. The van der Waals surface area contributed by atoms with Crippen LogP contribution in [-0.4, -0.2) is 12.1 Å². The SMILES string of the molecule is O=C(N/N=C/c1cc(I)c(OCc2ccc(Cl)cc2Cl)c(I)c1)c1ccc(Cl)cc1. The summed E-state index contributed by atoms with van der Waals surface area (Å²) in [5.41, 5.74) is 4.66. The van der Waals surface area contributed by atoms with E-state index in [1.165, 1.54) is 0 Å². The van der Waals surface area contributed by atoms with Crippen molar-refractivity contribution in [3.63, 3.8) is 0 Å². The summed E-state index contributed by atoms with van der Waals surface area (Å²) < 4.78 is 7.80. The maximum Gasteiger partial charge on any atom is 0.271 e. The third kappa shape index (κ3) is 6.46. The first-order chi connectivity index (χ1) is 14.3. The Morgan fingerprint density at radius 1 is 0.967 bits per heavy atom. The van der Waals surface area contributed by atoms with E-state index in [0.717, 1.165) is 24.0 Å². The zero-order valence-electron chi connectivity index (χ0n) is 15.1. The van der Waals surface area contributed by atoms with Crippen molar-refractivity contribution in [3.05, 3.63) is 93.5 Å². The number of hydrogen-bond acceptors (Lipinski definition) is 3. The van der Waals surface area contributed by atoms with Gasteiger partial charge in [0.05, 0.1) is 13.4 Å². The summed E-state index contributed by atoms with van der Waals surface area (Å²) in [6.45, 7) is 0.326. The maximum absolute atomic E-state index is 12.1. The van der Waals surface area contributed by atoms with Crippen molar-refractivity contribution < 1.29 is 9.53 Å². The van der Waals surface area contributed by atoms with Crippen LogP contribution in [0.15, 0.2) is 59.7 Å². The molecular weight excluding hydrogens is 672 g/mol. The van der Waals surface area contributed by atoms with E-state index in [0.29, 0.717) is 27.2 Å². The highest BCUT2D eigenvalue weighted by Crippen LogP contribution is 2.30. The van der Waals surface area contributed by atoms with Crippen LogP contribution in [0.4, 0.5) is 0 Å². The number of benzene rings is 3. The normalized spacial score (nSPS) is 11.0. The van der Waals surface area contributed by atoms with Gasteiger partial charge >= 0.3 is 0 Å². The molecule has 0 heterocycles. The van der Waals surface area contributed by atoms with Crippen molar-refractivity contribution in [1.82, 2.24) is 5.43 Å². The van der Waals surface area contributed by atoms with Gasteiger partial charge in [-0.15, -0.1) is 0 Å². The van der Waals surface area contributed by atoms with Gasteiger partial charge in [-0.25, -0.2) is 5.43 Å². The monoisotopic (exact) mass is 684 g/mol. The predicted molar refractivity (Wildman–Crippen MR) is 139 cm³/mol. The lowest BCUT2D eigenvalue weighted by Gasteiger charge is -2.12. The fourth-order valence-electron chi connectivity index (χ4n) is 2.41. The van der Waals surface area contributed by atoms with E-state index in [9.17, 15) is 4.79 Å². The van der Waals surface area contributed by atoms with Gasteiger partial charge in [-0.1, -0.05) is 40.9 Å². The van der Waals surface area contributed by atoms with Crippen LogP contribution in [0.1, 0.15) is 21.5 Å². The zero-order valence-corrected chi connectivity index (χ0v) is 21.7. The van der Waals surface area contributed by atoms with Crippen molar-refractivity contribution in [2.75, 3.05) is 0 Å². The van der Waals surface area contributed by atoms with Crippen molar-refractivity contribution >= 4 is 92.1 Å². The third-order valence-corrected chi connectivity index (χ3v) is 6.34. The predicted octanol–water partition coefficient (Wildman–Crippen LogP) is 7.20. The van der Waals surface area contributed by atoms with Crippen molar-refractivity contribution in [2.45, 2.75) is 6.61 Å². The number of carbonyl (C=O) groups excluding carboxylic acids is 1. The summed E-state index contributed by atoms with van der Waals surface area (Å²) in [4.78, 5) is 12.1. The summed E-state index contributed by atoms with van der Waals surface area (Å²) in [7, 11) is 0. The Hall–Kier alpha value is -1.07. The zero-order chi connectivity index (χ0) is 21.7. The number of rotatable bonds is 6. The molecule has 0 aliphatic carbocycles. The molecule has 0 aliphatic heterocycles.